The molecule has 5 atom stereocenters. The molecule has 0 saturated carbocycles. The Morgan fingerprint density at radius 3 is 2.16 bits per heavy atom. The maximum absolute atomic E-state index is 5.62. The molecule has 3 heteroatoms. The molecule has 5 aromatic rings. The van der Waals surface area contributed by atoms with Crippen molar-refractivity contribution in [3.8, 4) is 11.3 Å². The summed E-state index contributed by atoms with van der Waals surface area (Å²) < 4.78 is 0. The molecule has 0 N–H and O–H groups in total. The van der Waals surface area contributed by atoms with Crippen molar-refractivity contribution < 1.29 is 0 Å². The fraction of sp³-hybridized carbons (Fsp3) is 0.182. The molecule has 3 aromatic carbocycles. The quantitative estimate of drug-likeness (QED) is 0.172. The Bertz CT molecular complexity index is 2940. The van der Waals surface area contributed by atoms with Crippen molar-refractivity contribution in [1.29, 1.82) is 0 Å². The van der Waals surface area contributed by atoms with Crippen molar-refractivity contribution in [2.24, 2.45) is 22.7 Å². The van der Waals surface area contributed by atoms with E-state index in [1.54, 1.807) is 5.57 Å². The van der Waals surface area contributed by atoms with Crippen LogP contribution in [-0.4, -0.2) is 21.7 Å². The van der Waals surface area contributed by atoms with E-state index in [1.165, 1.54) is 50.3 Å². The second-order valence-corrected chi connectivity index (χ2v) is 16.8. The number of dihydropyridines is 1. The molecule has 6 aliphatic carbocycles. The SMILES string of the molecule is C1=CC2N=C(c3cccc(C4C=CC5=C(C=C(c6ccc7ccc8ccc(-c9ccccc9)nc8c7n6)CC5)C4)c3)C3=C(C4=C(C=CCC4)C4C=CC=CC34)C2C=C1. The molecule has 0 saturated heterocycles. The predicted molar refractivity (Wildman–Crippen MR) is 239 cm³/mol. The lowest BCUT2D eigenvalue weighted by Gasteiger charge is -2.44. The summed E-state index contributed by atoms with van der Waals surface area (Å²) in [6.45, 7) is 0. The number of aromatic nitrogens is 2. The van der Waals surface area contributed by atoms with Crippen LogP contribution in [0.25, 0.3) is 38.6 Å². The molecule has 7 aliphatic rings. The third-order valence-electron chi connectivity index (χ3n) is 13.5. The summed E-state index contributed by atoms with van der Waals surface area (Å²) in [7, 11) is 0. The van der Waals surface area contributed by atoms with E-state index in [1.807, 2.05) is 6.07 Å². The van der Waals surface area contributed by atoms with Crippen LogP contribution in [0.1, 0.15) is 54.8 Å². The molecule has 278 valence electrons. The van der Waals surface area contributed by atoms with Gasteiger partial charge in [0.05, 0.1) is 34.2 Å². The van der Waals surface area contributed by atoms with Gasteiger partial charge in [-0.2, -0.15) is 0 Å². The number of pyridine rings is 2. The summed E-state index contributed by atoms with van der Waals surface area (Å²) in [6.07, 6.45) is 35.8. The number of fused-ring (bicyclic) bond motifs is 9. The van der Waals surface area contributed by atoms with Crippen molar-refractivity contribution in [3.63, 3.8) is 0 Å². The fourth-order valence-electron chi connectivity index (χ4n) is 10.7. The molecular formula is C55H43N3. The van der Waals surface area contributed by atoms with Gasteiger partial charge in [0.1, 0.15) is 0 Å². The summed E-state index contributed by atoms with van der Waals surface area (Å²) in [5, 5.41) is 2.24. The Kier molecular flexibility index (Phi) is 7.89. The van der Waals surface area contributed by atoms with E-state index >= 15 is 0 Å². The summed E-state index contributed by atoms with van der Waals surface area (Å²) in [5.74, 6) is 1.24. The maximum atomic E-state index is 5.62. The van der Waals surface area contributed by atoms with Crippen LogP contribution in [0.4, 0.5) is 0 Å². The van der Waals surface area contributed by atoms with Gasteiger partial charge in [0.15, 0.2) is 0 Å². The molecule has 3 nitrogen and oxygen atoms in total. The van der Waals surface area contributed by atoms with Crippen molar-refractivity contribution in [1.82, 2.24) is 9.97 Å². The van der Waals surface area contributed by atoms with Gasteiger partial charge in [-0.25, -0.2) is 9.97 Å². The van der Waals surface area contributed by atoms with Gasteiger partial charge in [0.25, 0.3) is 0 Å². The van der Waals surface area contributed by atoms with Crippen LogP contribution >= 0.6 is 0 Å². The van der Waals surface area contributed by atoms with Crippen molar-refractivity contribution >= 4 is 33.1 Å². The van der Waals surface area contributed by atoms with Crippen LogP contribution in [0.3, 0.4) is 0 Å². The standard InChI is InChI=1S/C55H43N3/c1-2-11-35(12-3-1)48-29-27-36-23-24-37-28-30-49(57-55(37)54(36)56-48)40-26-22-34-21-25-39(32-42(34)33-40)38-13-10-14-41(31-38)53-52-46-18-7-5-16-44(46)43-15-4-6-17-45(43)51(52)47-19-8-9-20-50(47)58-53/h1-5,7-16,18-21,23-25,27-31,33,39,44,46-47,50H,6,17,22,26,32H2. The lowest BCUT2D eigenvalue weighted by molar-refractivity contribution is 0.546. The van der Waals surface area contributed by atoms with E-state index in [4.69, 9.17) is 15.0 Å². The summed E-state index contributed by atoms with van der Waals surface area (Å²) in [4.78, 5) is 16.1. The number of benzene rings is 3. The van der Waals surface area contributed by atoms with E-state index in [0.29, 0.717) is 23.7 Å². The molecule has 3 heterocycles. The van der Waals surface area contributed by atoms with Crippen molar-refractivity contribution in [2.45, 2.75) is 44.1 Å². The lowest BCUT2D eigenvalue weighted by atomic mass is 9.62. The third-order valence-corrected chi connectivity index (χ3v) is 13.5. The maximum Gasteiger partial charge on any atom is 0.0972 e. The first-order chi connectivity index (χ1) is 28.7. The Morgan fingerprint density at radius 1 is 0.552 bits per heavy atom. The first-order valence-electron chi connectivity index (χ1n) is 21.1. The Balaban J connectivity index is 0.881. The Labute approximate surface area is 340 Å². The molecule has 0 radical (unpaired) electrons. The Morgan fingerprint density at radius 2 is 1.29 bits per heavy atom. The van der Waals surface area contributed by atoms with E-state index in [-0.39, 0.29) is 6.04 Å². The number of nitrogens with zero attached hydrogens (tertiary/aromatic N) is 3. The number of hydrogen-bond acceptors (Lipinski definition) is 3. The van der Waals surface area contributed by atoms with Crippen LogP contribution in [0, 0.1) is 17.8 Å². The minimum Gasteiger partial charge on any atom is -0.276 e. The van der Waals surface area contributed by atoms with Gasteiger partial charge in [-0.15, -0.1) is 0 Å². The summed E-state index contributed by atoms with van der Waals surface area (Å²) in [5.41, 5.74) is 19.1. The van der Waals surface area contributed by atoms with Gasteiger partial charge >= 0.3 is 0 Å². The zero-order chi connectivity index (χ0) is 38.2. The van der Waals surface area contributed by atoms with E-state index in [0.717, 1.165) is 70.9 Å². The van der Waals surface area contributed by atoms with Gasteiger partial charge in [-0.1, -0.05) is 152 Å². The number of rotatable bonds is 4. The molecular weight excluding hydrogens is 703 g/mol. The molecule has 58 heavy (non-hydrogen) atoms. The van der Waals surface area contributed by atoms with Gasteiger partial charge < -0.3 is 0 Å². The third kappa shape index (κ3) is 5.51. The van der Waals surface area contributed by atoms with Gasteiger partial charge in [0, 0.05) is 45.6 Å². The average molecular weight is 746 g/mol. The highest BCUT2D eigenvalue weighted by molar-refractivity contribution is 6.15. The normalized spacial score (nSPS) is 25.3. The second kappa shape index (κ2) is 13.6. The topological polar surface area (TPSA) is 38.1 Å². The zero-order valence-corrected chi connectivity index (χ0v) is 32.4. The number of allylic oxidation sites excluding steroid dienone is 17. The molecule has 5 unspecified atom stereocenters. The molecule has 1 aliphatic heterocycles. The van der Waals surface area contributed by atoms with Crippen LogP contribution in [0.15, 0.2) is 208 Å². The monoisotopic (exact) mass is 745 g/mol. The number of aliphatic imine (C=N–C) groups is 1. The molecule has 0 fully saturated rings. The first kappa shape index (κ1) is 33.7. The molecule has 0 spiro atoms. The largest absolute Gasteiger partial charge is 0.276 e. The van der Waals surface area contributed by atoms with Crippen LogP contribution < -0.4 is 0 Å². The highest BCUT2D eigenvalue weighted by atomic mass is 14.8. The second-order valence-electron chi connectivity index (χ2n) is 16.8. The van der Waals surface area contributed by atoms with Gasteiger partial charge in [-0.3, -0.25) is 4.99 Å². The molecule has 12 rings (SSSR count). The van der Waals surface area contributed by atoms with Gasteiger partial charge in [0.2, 0.25) is 0 Å². The van der Waals surface area contributed by atoms with Crippen LogP contribution in [0.2, 0.25) is 0 Å². The minimum absolute atomic E-state index is 0.123. The van der Waals surface area contributed by atoms with E-state index in [9.17, 15) is 0 Å². The lowest BCUT2D eigenvalue weighted by Crippen LogP contribution is -2.37. The molecule has 2 aromatic heterocycles. The highest BCUT2D eigenvalue weighted by Gasteiger charge is 2.43. The summed E-state index contributed by atoms with van der Waals surface area (Å²) in [6, 6.07) is 33.0. The van der Waals surface area contributed by atoms with E-state index in [2.05, 4.69) is 164 Å². The fourth-order valence-corrected chi connectivity index (χ4v) is 10.7. The predicted octanol–water partition coefficient (Wildman–Crippen LogP) is 12.9. The number of hydrogen-bond donors (Lipinski definition) is 0. The smallest absolute Gasteiger partial charge is 0.0972 e. The van der Waals surface area contributed by atoms with Crippen LogP contribution in [0.5, 0.6) is 0 Å². The molecule has 0 bridgehead atoms. The summed E-state index contributed by atoms with van der Waals surface area (Å²) >= 11 is 0. The average Bonchev–Trinajstić information content (AvgIpc) is 3.30. The minimum atomic E-state index is 0.123. The zero-order valence-electron chi connectivity index (χ0n) is 32.4. The van der Waals surface area contributed by atoms with E-state index < -0.39 is 0 Å². The Hall–Kier alpha value is -6.45. The van der Waals surface area contributed by atoms with Crippen molar-refractivity contribution in [3.05, 3.63) is 220 Å². The molecule has 0 amide bonds. The van der Waals surface area contributed by atoms with Crippen molar-refractivity contribution in [2.75, 3.05) is 0 Å². The first-order valence-corrected chi connectivity index (χ1v) is 21.1. The van der Waals surface area contributed by atoms with Gasteiger partial charge in [-0.05, 0) is 94.9 Å². The van der Waals surface area contributed by atoms with Crippen LogP contribution in [-0.2, 0) is 0 Å². The highest BCUT2D eigenvalue weighted by Crippen LogP contribution is 2.52.